The number of rotatable bonds is 1. The van der Waals surface area contributed by atoms with Crippen molar-refractivity contribution in [2.75, 3.05) is 31.2 Å². The first-order chi connectivity index (χ1) is 7.45. The van der Waals surface area contributed by atoms with E-state index in [-0.39, 0.29) is 0 Å². The molecule has 6 heteroatoms. The van der Waals surface area contributed by atoms with Crippen LogP contribution in [0.25, 0.3) is 11.2 Å². The summed E-state index contributed by atoms with van der Waals surface area (Å²) in [7, 11) is 0. The summed E-state index contributed by atoms with van der Waals surface area (Å²) in [5.41, 5.74) is 1.70. The van der Waals surface area contributed by atoms with Gasteiger partial charge in [0.1, 0.15) is 0 Å². The molecular formula is C9H12N5O+. The number of hydrogen-bond acceptors (Lipinski definition) is 4. The third-order valence-corrected chi connectivity index (χ3v) is 2.57. The van der Waals surface area contributed by atoms with Crippen LogP contribution in [0.5, 0.6) is 0 Å². The Balaban J connectivity index is 2.05. The minimum Gasteiger partial charge on any atom is -0.375 e. The molecule has 0 bridgehead atoms. The maximum atomic E-state index is 5.32. The third kappa shape index (κ3) is 1.42. The fourth-order valence-electron chi connectivity index (χ4n) is 1.82. The fraction of sp³-hybridized carbons (Fsp3) is 0.444. The molecule has 1 saturated heterocycles. The lowest BCUT2D eigenvalue weighted by molar-refractivity contribution is -0.367. The molecule has 1 fully saturated rings. The van der Waals surface area contributed by atoms with Crippen molar-refractivity contribution in [2.24, 2.45) is 0 Å². The number of imidazole rings is 1. The highest BCUT2D eigenvalue weighted by atomic mass is 16.5. The lowest BCUT2D eigenvalue weighted by Crippen LogP contribution is -2.39. The van der Waals surface area contributed by atoms with Gasteiger partial charge < -0.3 is 9.72 Å². The van der Waals surface area contributed by atoms with Crippen LogP contribution >= 0.6 is 0 Å². The molecule has 3 rings (SSSR count). The second-order valence-electron chi connectivity index (χ2n) is 3.45. The summed E-state index contributed by atoms with van der Waals surface area (Å²) in [6.07, 6.45) is 3.34. The van der Waals surface area contributed by atoms with Gasteiger partial charge in [-0.3, -0.25) is 4.90 Å². The fourth-order valence-corrected chi connectivity index (χ4v) is 1.82. The first kappa shape index (κ1) is 8.60. The maximum Gasteiger partial charge on any atom is 0.260 e. The second-order valence-corrected chi connectivity index (χ2v) is 3.45. The van der Waals surface area contributed by atoms with Gasteiger partial charge in [0.25, 0.3) is 11.5 Å². The predicted molar refractivity (Wildman–Crippen MR) is 53.5 cm³/mol. The summed E-state index contributed by atoms with van der Waals surface area (Å²) in [6.45, 7) is 3.33. The number of anilines is 1. The summed E-state index contributed by atoms with van der Waals surface area (Å²) in [5, 5.41) is 0. The van der Waals surface area contributed by atoms with Crippen molar-refractivity contribution < 1.29 is 9.72 Å². The molecule has 2 aromatic heterocycles. The van der Waals surface area contributed by atoms with Crippen molar-refractivity contribution in [1.82, 2.24) is 15.0 Å². The van der Waals surface area contributed by atoms with E-state index in [1.807, 2.05) is 0 Å². The summed E-state index contributed by atoms with van der Waals surface area (Å²) in [5.74, 6) is 1.04. The van der Waals surface area contributed by atoms with E-state index in [1.54, 1.807) is 12.7 Å². The Morgan fingerprint density at radius 1 is 1.33 bits per heavy atom. The predicted octanol–water partition coefficient (Wildman–Crippen LogP) is -0.391. The largest absolute Gasteiger partial charge is 0.375 e. The Labute approximate surface area is 86.3 Å². The van der Waals surface area contributed by atoms with Crippen LogP contribution in [0.15, 0.2) is 12.7 Å². The van der Waals surface area contributed by atoms with E-state index < -0.39 is 0 Å². The quantitative estimate of drug-likeness (QED) is 0.690. The molecular weight excluding hydrogens is 194 g/mol. The zero-order chi connectivity index (χ0) is 10.1. The van der Waals surface area contributed by atoms with E-state index in [9.17, 15) is 0 Å². The van der Waals surface area contributed by atoms with Crippen LogP contribution in [0, 0.1) is 0 Å². The van der Waals surface area contributed by atoms with E-state index in [1.165, 1.54) is 0 Å². The lowest BCUT2D eigenvalue weighted by atomic mass is 10.4. The van der Waals surface area contributed by atoms with Crippen molar-refractivity contribution in [1.29, 1.82) is 0 Å². The van der Waals surface area contributed by atoms with Gasteiger partial charge in [-0.2, -0.15) is 0 Å². The van der Waals surface area contributed by atoms with Gasteiger partial charge in [0.15, 0.2) is 5.52 Å². The molecule has 2 N–H and O–H groups in total. The average Bonchev–Trinajstić information content (AvgIpc) is 2.78. The van der Waals surface area contributed by atoms with Gasteiger partial charge in [0, 0.05) is 0 Å². The van der Waals surface area contributed by atoms with Gasteiger partial charge in [-0.25, -0.2) is 9.97 Å². The minimum absolute atomic E-state index is 0.746. The van der Waals surface area contributed by atoms with Crippen LogP contribution in [-0.4, -0.2) is 41.3 Å². The molecule has 0 atom stereocenters. The zero-order valence-corrected chi connectivity index (χ0v) is 8.23. The molecule has 0 amide bonds. The summed E-state index contributed by atoms with van der Waals surface area (Å²) in [4.78, 5) is 16.8. The molecule has 2 aromatic rings. The van der Waals surface area contributed by atoms with E-state index >= 15 is 0 Å². The molecule has 0 aromatic carbocycles. The van der Waals surface area contributed by atoms with Gasteiger partial charge in [-0.15, -0.1) is 0 Å². The number of hydrogen-bond donors (Lipinski definition) is 1. The molecule has 15 heavy (non-hydrogen) atoms. The number of nitrogens with zero attached hydrogens (tertiary/aromatic N) is 3. The summed E-state index contributed by atoms with van der Waals surface area (Å²) >= 11 is 0. The normalized spacial score (nSPS) is 17.2. The lowest BCUT2D eigenvalue weighted by Gasteiger charge is -2.23. The van der Waals surface area contributed by atoms with Crippen molar-refractivity contribution in [2.45, 2.75) is 0 Å². The molecule has 0 spiro atoms. The smallest absolute Gasteiger partial charge is 0.260 e. The summed E-state index contributed by atoms with van der Waals surface area (Å²) in [6, 6.07) is 0. The van der Waals surface area contributed by atoms with Crippen LogP contribution in [0.4, 0.5) is 5.82 Å². The monoisotopic (exact) mass is 206 g/mol. The van der Waals surface area contributed by atoms with Crippen LogP contribution < -0.4 is 9.88 Å². The molecule has 0 aliphatic carbocycles. The Morgan fingerprint density at radius 3 is 3.07 bits per heavy atom. The molecule has 0 radical (unpaired) electrons. The highest BCUT2D eigenvalue weighted by Gasteiger charge is 2.21. The van der Waals surface area contributed by atoms with Gasteiger partial charge in [-0.05, 0) is 0 Å². The molecule has 0 unspecified atom stereocenters. The molecule has 1 aliphatic heterocycles. The van der Waals surface area contributed by atoms with Crippen LogP contribution in [0.1, 0.15) is 0 Å². The van der Waals surface area contributed by atoms with Crippen LogP contribution in [0.2, 0.25) is 0 Å². The van der Waals surface area contributed by atoms with E-state index in [0.717, 1.165) is 43.3 Å². The zero-order valence-electron chi connectivity index (χ0n) is 8.23. The number of fused-ring (bicyclic) bond motifs is 1. The number of aromatic nitrogens is 4. The molecule has 78 valence electrons. The van der Waals surface area contributed by atoms with Gasteiger partial charge >= 0.3 is 0 Å². The maximum absolute atomic E-state index is 5.32. The molecule has 6 nitrogen and oxygen atoms in total. The van der Waals surface area contributed by atoms with Gasteiger partial charge in [-0.1, -0.05) is 4.98 Å². The Bertz CT molecular complexity index is 462. The standard InChI is InChI=1S/C9H11N5O/c1-3-15-4-2-14(1)9-7-8(11-5-10-7)12-6-13-9/h5-6H,1-4H2,(H,10,11,12,13)/p+1. The van der Waals surface area contributed by atoms with Crippen molar-refractivity contribution in [3.63, 3.8) is 0 Å². The molecule has 0 saturated carbocycles. The van der Waals surface area contributed by atoms with E-state index in [4.69, 9.17) is 4.74 Å². The van der Waals surface area contributed by atoms with Crippen molar-refractivity contribution >= 4 is 17.0 Å². The SMILES string of the molecule is c1nc2nc[nH+]c(N3CCOCC3)c2[nH]1. The van der Waals surface area contributed by atoms with Crippen LogP contribution in [-0.2, 0) is 4.74 Å². The molecule has 3 heterocycles. The number of ether oxygens (including phenoxy) is 1. The molecule has 1 aliphatic rings. The van der Waals surface area contributed by atoms with Crippen molar-refractivity contribution in [3.8, 4) is 0 Å². The van der Waals surface area contributed by atoms with Crippen LogP contribution in [0.3, 0.4) is 0 Å². The second kappa shape index (κ2) is 3.47. The number of nitrogens with one attached hydrogen (secondary N) is 2. The number of aromatic amines is 2. The first-order valence-electron chi connectivity index (χ1n) is 4.97. The van der Waals surface area contributed by atoms with E-state index in [2.05, 4.69) is 24.8 Å². The highest BCUT2D eigenvalue weighted by molar-refractivity contribution is 5.80. The Hall–Kier alpha value is -1.69. The summed E-state index contributed by atoms with van der Waals surface area (Å²) < 4.78 is 5.32. The first-order valence-corrected chi connectivity index (χ1v) is 4.97. The topological polar surface area (TPSA) is 68.2 Å². The third-order valence-electron chi connectivity index (χ3n) is 2.57. The minimum atomic E-state index is 0.746. The van der Waals surface area contributed by atoms with E-state index in [0.29, 0.717) is 0 Å². The average molecular weight is 206 g/mol. The van der Waals surface area contributed by atoms with Gasteiger partial charge in [0.2, 0.25) is 6.33 Å². The van der Waals surface area contributed by atoms with Gasteiger partial charge in [0.05, 0.1) is 32.6 Å². The van der Waals surface area contributed by atoms with Crippen molar-refractivity contribution in [3.05, 3.63) is 12.7 Å². The number of H-pyrrole nitrogens is 2. The Kier molecular flexibility index (Phi) is 1.99. The number of morpholine rings is 1. The highest BCUT2D eigenvalue weighted by Crippen LogP contribution is 2.17. The Morgan fingerprint density at radius 2 is 2.20 bits per heavy atom.